The van der Waals surface area contributed by atoms with Gasteiger partial charge in [0.25, 0.3) is 5.17 Å². The van der Waals surface area contributed by atoms with Crippen molar-refractivity contribution in [2.24, 2.45) is 0 Å². The molecule has 5 aromatic carbocycles. The Labute approximate surface area is 284 Å². The van der Waals surface area contributed by atoms with Crippen molar-refractivity contribution in [1.82, 2.24) is 0 Å². The lowest BCUT2D eigenvalue weighted by atomic mass is 9.96. The predicted molar refractivity (Wildman–Crippen MR) is 193 cm³/mol. The van der Waals surface area contributed by atoms with Crippen LogP contribution in [0, 0.1) is 6.92 Å². The lowest BCUT2D eigenvalue weighted by Gasteiger charge is -2.30. The van der Waals surface area contributed by atoms with Gasteiger partial charge in [0.05, 0.1) is 5.56 Å². The van der Waals surface area contributed by atoms with E-state index >= 15 is 0 Å². The summed E-state index contributed by atoms with van der Waals surface area (Å²) in [4.78, 5) is 25.7. The number of nitrogens with zero attached hydrogens (tertiary/aromatic N) is 1. The van der Waals surface area contributed by atoms with Crippen molar-refractivity contribution in [2.75, 3.05) is 11.9 Å². The second kappa shape index (κ2) is 13.7. The summed E-state index contributed by atoms with van der Waals surface area (Å²) in [6, 6.07) is 38.0. The molecule has 0 radical (unpaired) electrons. The van der Waals surface area contributed by atoms with Crippen LogP contribution in [0.1, 0.15) is 35.3 Å². The zero-order valence-corrected chi connectivity index (χ0v) is 28.0. The van der Waals surface area contributed by atoms with E-state index in [1.165, 1.54) is 17.0 Å². The largest absolute Gasteiger partial charge is 0.485 e. The Balaban J connectivity index is 0.000000170. The minimum absolute atomic E-state index is 0.325. The molecule has 0 bridgehead atoms. The average molecular weight is 658 g/mol. The zero-order chi connectivity index (χ0) is 33.8. The maximum absolute atomic E-state index is 12.4. The molecule has 0 saturated carbocycles. The van der Waals surface area contributed by atoms with Gasteiger partial charge in [0, 0.05) is 36.7 Å². The molecule has 1 unspecified atom stereocenters. The summed E-state index contributed by atoms with van der Waals surface area (Å²) in [6.07, 6.45) is 0.285. The topological polar surface area (TPSA) is 78.2 Å². The molecule has 1 aromatic heterocycles. The highest BCUT2D eigenvalue weighted by molar-refractivity contribution is 7.80. The van der Waals surface area contributed by atoms with Gasteiger partial charge in [-0.2, -0.15) is 0 Å². The molecule has 0 saturated heterocycles. The van der Waals surface area contributed by atoms with E-state index in [1.807, 2.05) is 80.4 Å². The first kappa shape index (κ1) is 32.5. The summed E-state index contributed by atoms with van der Waals surface area (Å²) in [6.45, 7) is 5.74. The van der Waals surface area contributed by atoms with E-state index < -0.39 is 11.2 Å². The van der Waals surface area contributed by atoms with Crippen LogP contribution in [0.4, 0.5) is 5.69 Å². The van der Waals surface area contributed by atoms with E-state index in [0.717, 1.165) is 27.8 Å². The molecule has 0 spiro atoms. The van der Waals surface area contributed by atoms with E-state index in [1.54, 1.807) is 36.4 Å². The summed E-state index contributed by atoms with van der Waals surface area (Å²) < 4.78 is 22.8. The van der Waals surface area contributed by atoms with Crippen LogP contribution < -0.4 is 20.0 Å². The molecule has 1 aliphatic heterocycles. The normalized spacial score (nSPS) is 13.5. The third kappa shape index (κ3) is 7.40. The number of fused-ring (bicyclic) bond motifs is 3. The number of thiocarbonyl (C=S) groups is 1. The van der Waals surface area contributed by atoms with Crippen molar-refractivity contribution in [3.63, 3.8) is 0 Å². The number of carbonyl (C=O) groups excluding carboxylic acids is 1. The van der Waals surface area contributed by atoms with Gasteiger partial charge < -0.3 is 23.5 Å². The van der Waals surface area contributed by atoms with E-state index in [-0.39, 0.29) is 12.1 Å². The van der Waals surface area contributed by atoms with E-state index in [0.29, 0.717) is 28.5 Å². The van der Waals surface area contributed by atoms with E-state index in [2.05, 4.69) is 31.2 Å². The van der Waals surface area contributed by atoms with Crippen molar-refractivity contribution < 1.29 is 23.4 Å². The van der Waals surface area contributed by atoms with Gasteiger partial charge in [-0.25, -0.2) is 9.59 Å². The second-order valence-electron chi connectivity index (χ2n) is 12.2. The molecular formula is C40H35NO6S. The van der Waals surface area contributed by atoms with Gasteiger partial charge in [0.1, 0.15) is 28.8 Å². The summed E-state index contributed by atoms with van der Waals surface area (Å²) in [5.74, 6) is 1.02. The minimum atomic E-state index is -0.820. The first-order chi connectivity index (χ1) is 23.1. The first-order valence-electron chi connectivity index (χ1n) is 15.6. The molecule has 48 heavy (non-hydrogen) atoms. The summed E-state index contributed by atoms with van der Waals surface area (Å²) in [5.41, 5.74) is 2.98. The fourth-order valence-electron chi connectivity index (χ4n) is 5.48. The Morgan fingerprint density at radius 2 is 1.56 bits per heavy atom. The highest BCUT2D eigenvalue weighted by Gasteiger charge is 2.40. The molecule has 0 aliphatic carbocycles. The lowest BCUT2D eigenvalue weighted by molar-refractivity contribution is -0.0517. The highest BCUT2D eigenvalue weighted by Crippen LogP contribution is 2.37. The van der Waals surface area contributed by atoms with Crippen LogP contribution in [0.15, 0.2) is 131 Å². The van der Waals surface area contributed by atoms with Gasteiger partial charge in [0.2, 0.25) is 0 Å². The fourth-order valence-corrected chi connectivity index (χ4v) is 5.68. The van der Waals surface area contributed by atoms with Crippen molar-refractivity contribution in [1.29, 1.82) is 0 Å². The van der Waals surface area contributed by atoms with Gasteiger partial charge in [-0.1, -0.05) is 60.7 Å². The SMILES string of the molecule is CC(C)(OC(=O)c1ccccc1)C1Cc2cc3ccc(=O)oc3cc2O1.Cc1cccc(N(C)C(=S)Oc2ccc3ccccc3c2)c1. The average Bonchev–Trinajstić information content (AvgIpc) is 3.51. The molecule has 242 valence electrons. The van der Waals surface area contributed by atoms with Crippen LogP contribution in [-0.2, 0) is 11.2 Å². The Bertz CT molecular complexity index is 2170. The number of hydrogen-bond donors (Lipinski definition) is 0. The molecule has 1 atom stereocenters. The van der Waals surface area contributed by atoms with Crippen LogP contribution in [0.5, 0.6) is 11.5 Å². The van der Waals surface area contributed by atoms with E-state index in [9.17, 15) is 9.59 Å². The van der Waals surface area contributed by atoms with Crippen molar-refractivity contribution in [2.45, 2.75) is 38.9 Å². The number of carbonyl (C=O) groups is 1. The number of aryl methyl sites for hydroxylation is 1. The molecule has 0 fully saturated rings. The monoisotopic (exact) mass is 657 g/mol. The van der Waals surface area contributed by atoms with Crippen LogP contribution in [-0.4, -0.2) is 29.9 Å². The number of benzene rings is 5. The summed E-state index contributed by atoms with van der Waals surface area (Å²) in [7, 11) is 1.91. The zero-order valence-electron chi connectivity index (χ0n) is 27.1. The van der Waals surface area contributed by atoms with Gasteiger partial charge >= 0.3 is 11.6 Å². The molecule has 7 rings (SSSR count). The highest BCUT2D eigenvalue weighted by atomic mass is 32.1. The van der Waals surface area contributed by atoms with Crippen LogP contribution in [0.3, 0.4) is 0 Å². The quantitative estimate of drug-likeness (QED) is 0.104. The van der Waals surface area contributed by atoms with Crippen LogP contribution in [0.2, 0.25) is 0 Å². The number of ether oxygens (including phenoxy) is 3. The second-order valence-corrected chi connectivity index (χ2v) is 12.5. The molecule has 7 nitrogen and oxygen atoms in total. The Kier molecular flexibility index (Phi) is 9.28. The van der Waals surface area contributed by atoms with Gasteiger partial charge in [-0.15, -0.1) is 0 Å². The molecule has 6 aromatic rings. The molecule has 1 aliphatic rings. The van der Waals surface area contributed by atoms with Crippen LogP contribution in [0.25, 0.3) is 21.7 Å². The third-order valence-electron chi connectivity index (χ3n) is 8.21. The van der Waals surface area contributed by atoms with Gasteiger partial charge in [-0.3, -0.25) is 0 Å². The number of rotatable bonds is 5. The summed E-state index contributed by atoms with van der Waals surface area (Å²) >= 11 is 5.41. The number of hydrogen-bond acceptors (Lipinski definition) is 7. The van der Waals surface area contributed by atoms with Crippen molar-refractivity contribution in [3.05, 3.63) is 148 Å². The van der Waals surface area contributed by atoms with Gasteiger partial charge in [0.15, 0.2) is 0 Å². The fraction of sp³-hybridized carbons (Fsp3) is 0.175. The first-order valence-corrected chi connectivity index (χ1v) is 16.0. The maximum Gasteiger partial charge on any atom is 0.338 e. The predicted octanol–water partition coefficient (Wildman–Crippen LogP) is 8.68. The molecule has 0 N–H and O–H groups in total. The smallest absolute Gasteiger partial charge is 0.338 e. The summed E-state index contributed by atoms with van der Waals surface area (Å²) in [5, 5.41) is 3.60. The van der Waals surface area contributed by atoms with E-state index in [4.69, 9.17) is 30.8 Å². The molecule has 2 heterocycles. The Hall–Kier alpha value is -5.47. The third-order valence-corrected chi connectivity index (χ3v) is 8.56. The Morgan fingerprint density at radius 1 is 0.833 bits per heavy atom. The Morgan fingerprint density at radius 3 is 2.33 bits per heavy atom. The lowest BCUT2D eigenvalue weighted by Crippen LogP contribution is -2.43. The van der Waals surface area contributed by atoms with Gasteiger partial charge in [-0.05, 0) is 103 Å². The number of esters is 1. The van der Waals surface area contributed by atoms with Crippen molar-refractivity contribution >= 4 is 50.8 Å². The molecule has 8 heteroatoms. The van der Waals surface area contributed by atoms with Crippen LogP contribution >= 0.6 is 12.2 Å². The van der Waals surface area contributed by atoms with Crippen molar-refractivity contribution in [3.8, 4) is 11.5 Å². The minimum Gasteiger partial charge on any atom is -0.485 e. The number of anilines is 1. The maximum atomic E-state index is 12.4. The standard InChI is InChI=1S/C21H18O5.C19H17NOS/c1-21(2,26-20(23)13-6-4-3-5-7-13)18-11-15-10-14-8-9-19(22)25-16(14)12-17(15)24-18;1-14-6-5-9-17(12-14)20(2)19(22)21-18-11-10-15-7-3-4-8-16(15)13-18/h3-10,12,18H,11H2,1-2H3;3-13H,1-2H3. The molecular weight excluding hydrogens is 623 g/mol. The molecule has 0 amide bonds.